The van der Waals surface area contributed by atoms with Crippen molar-refractivity contribution in [3.05, 3.63) is 0 Å². The monoisotopic (exact) mass is 189 g/mol. The zero-order valence-corrected chi connectivity index (χ0v) is 7.53. The fourth-order valence-electron chi connectivity index (χ4n) is 0.712. The van der Waals surface area contributed by atoms with Gasteiger partial charge in [-0.25, -0.2) is 0 Å². The van der Waals surface area contributed by atoms with Gasteiger partial charge in [-0.1, -0.05) is 0 Å². The first-order valence-electron chi connectivity index (χ1n) is 4.22. The molecule has 0 aliphatic heterocycles. The van der Waals surface area contributed by atoms with Crippen LogP contribution in [0.25, 0.3) is 0 Å². The molecule has 2 N–H and O–H groups in total. The second kappa shape index (κ2) is 8.99. The van der Waals surface area contributed by atoms with E-state index in [4.69, 9.17) is 10.5 Å². The topological polar surface area (TPSA) is 78.6 Å². The van der Waals surface area contributed by atoms with Gasteiger partial charge in [0.05, 0.1) is 19.6 Å². The van der Waals surface area contributed by atoms with Gasteiger partial charge >= 0.3 is 5.97 Å². The standard InChI is InChI=1S/C8H15NO4/c9-4-3-8(11)13-6-2-1-5-12-7-10/h7H,1-6,9H2. The summed E-state index contributed by atoms with van der Waals surface area (Å²) < 4.78 is 9.25. The first-order valence-corrected chi connectivity index (χ1v) is 4.22. The van der Waals surface area contributed by atoms with E-state index >= 15 is 0 Å². The molecule has 0 atom stereocenters. The van der Waals surface area contributed by atoms with E-state index in [0.29, 0.717) is 39.1 Å². The van der Waals surface area contributed by atoms with Crippen LogP contribution in [-0.4, -0.2) is 32.2 Å². The van der Waals surface area contributed by atoms with Crippen molar-refractivity contribution in [3.63, 3.8) is 0 Å². The van der Waals surface area contributed by atoms with Crippen molar-refractivity contribution in [2.75, 3.05) is 19.8 Å². The van der Waals surface area contributed by atoms with E-state index in [2.05, 4.69) is 4.74 Å². The lowest BCUT2D eigenvalue weighted by Crippen LogP contribution is -2.12. The van der Waals surface area contributed by atoms with Crippen molar-refractivity contribution >= 4 is 12.4 Å². The van der Waals surface area contributed by atoms with E-state index in [-0.39, 0.29) is 12.4 Å². The van der Waals surface area contributed by atoms with Crippen molar-refractivity contribution in [1.29, 1.82) is 0 Å². The molecule has 0 amide bonds. The van der Waals surface area contributed by atoms with Crippen LogP contribution in [-0.2, 0) is 19.1 Å². The molecule has 0 aliphatic rings. The summed E-state index contributed by atoms with van der Waals surface area (Å²) in [6.45, 7) is 1.45. The maximum absolute atomic E-state index is 10.7. The quantitative estimate of drug-likeness (QED) is 0.326. The normalized spacial score (nSPS) is 9.31. The third kappa shape index (κ3) is 8.81. The summed E-state index contributed by atoms with van der Waals surface area (Å²) in [6.07, 6.45) is 1.66. The zero-order chi connectivity index (χ0) is 9.94. The molecule has 0 radical (unpaired) electrons. The number of rotatable bonds is 8. The lowest BCUT2D eigenvalue weighted by atomic mass is 10.3. The third-order valence-corrected chi connectivity index (χ3v) is 1.34. The molecule has 5 nitrogen and oxygen atoms in total. The number of nitrogens with two attached hydrogens (primary N) is 1. The molecule has 0 heterocycles. The van der Waals surface area contributed by atoms with Gasteiger partial charge in [-0.15, -0.1) is 0 Å². The van der Waals surface area contributed by atoms with Crippen LogP contribution in [0.2, 0.25) is 0 Å². The van der Waals surface area contributed by atoms with Gasteiger partial charge in [0.1, 0.15) is 0 Å². The summed E-state index contributed by atoms with van der Waals surface area (Å²) in [5.74, 6) is -0.279. The maximum atomic E-state index is 10.7. The second-order valence-electron chi connectivity index (χ2n) is 2.43. The van der Waals surface area contributed by atoms with Gasteiger partial charge in [0.25, 0.3) is 6.47 Å². The van der Waals surface area contributed by atoms with E-state index in [1.54, 1.807) is 0 Å². The highest BCUT2D eigenvalue weighted by atomic mass is 16.5. The molecule has 0 aromatic carbocycles. The number of esters is 1. The Balaban J connectivity index is 3.06. The van der Waals surface area contributed by atoms with E-state index in [1.165, 1.54) is 0 Å². The predicted molar refractivity (Wildman–Crippen MR) is 45.9 cm³/mol. The highest BCUT2D eigenvalue weighted by Gasteiger charge is 1.99. The summed E-state index contributed by atoms with van der Waals surface area (Å²) >= 11 is 0. The Labute approximate surface area is 77.2 Å². The molecule has 0 saturated heterocycles. The van der Waals surface area contributed by atoms with Crippen molar-refractivity contribution in [2.24, 2.45) is 5.73 Å². The highest BCUT2D eigenvalue weighted by Crippen LogP contribution is 1.92. The number of hydrogen-bond acceptors (Lipinski definition) is 5. The van der Waals surface area contributed by atoms with E-state index in [0.717, 1.165) is 0 Å². The lowest BCUT2D eigenvalue weighted by molar-refractivity contribution is -0.143. The van der Waals surface area contributed by atoms with Gasteiger partial charge in [0, 0.05) is 6.54 Å². The van der Waals surface area contributed by atoms with E-state index < -0.39 is 0 Å². The molecular weight excluding hydrogens is 174 g/mol. The molecule has 5 heteroatoms. The molecule has 0 saturated carbocycles. The minimum absolute atomic E-state index is 0.255. The smallest absolute Gasteiger partial charge is 0.307 e. The van der Waals surface area contributed by atoms with Gasteiger partial charge in [0.15, 0.2) is 0 Å². The Morgan fingerprint density at radius 1 is 1.31 bits per heavy atom. The van der Waals surface area contributed by atoms with Crippen LogP contribution in [0, 0.1) is 0 Å². The summed E-state index contributed by atoms with van der Waals surface area (Å²) in [5, 5.41) is 0. The van der Waals surface area contributed by atoms with Crippen molar-refractivity contribution in [3.8, 4) is 0 Å². The minimum atomic E-state index is -0.279. The Morgan fingerprint density at radius 2 is 2.00 bits per heavy atom. The number of unbranched alkanes of at least 4 members (excludes halogenated alkanes) is 1. The second-order valence-corrected chi connectivity index (χ2v) is 2.43. The van der Waals surface area contributed by atoms with Crippen molar-refractivity contribution < 1.29 is 19.1 Å². The number of carbonyl (C=O) groups excluding carboxylic acids is 2. The maximum Gasteiger partial charge on any atom is 0.307 e. The van der Waals surface area contributed by atoms with Crippen LogP contribution in [0.5, 0.6) is 0 Å². The van der Waals surface area contributed by atoms with Crippen molar-refractivity contribution in [2.45, 2.75) is 19.3 Å². The van der Waals surface area contributed by atoms with Crippen molar-refractivity contribution in [1.82, 2.24) is 0 Å². The fraction of sp³-hybridized carbons (Fsp3) is 0.750. The molecule has 0 spiro atoms. The molecule has 0 unspecified atom stereocenters. The van der Waals surface area contributed by atoms with Gasteiger partial charge in [-0.2, -0.15) is 0 Å². The Morgan fingerprint density at radius 3 is 2.62 bits per heavy atom. The summed E-state index contributed by atoms with van der Waals surface area (Å²) in [4.78, 5) is 20.5. The largest absolute Gasteiger partial charge is 0.468 e. The van der Waals surface area contributed by atoms with E-state index in [9.17, 15) is 9.59 Å². The number of carbonyl (C=O) groups is 2. The molecule has 0 bridgehead atoms. The molecule has 13 heavy (non-hydrogen) atoms. The van der Waals surface area contributed by atoms with Crippen LogP contribution in [0.4, 0.5) is 0 Å². The molecule has 76 valence electrons. The highest BCUT2D eigenvalue weighted by molar-refractivity contribution is 5.69. The first-order chi connectivity index (χ1) is 6.31. The van der Waals surface area contributed by atoms with Crippen LogP contribution in [0.3, 0.4) is 0 Å². The van der Waals surface area contributed by atoms with Gasteiger partial charge in [-0.05, 0) is 12.8 Å². The minimum Gasteiger partial charge on any atom is -0.468 e. The molecule has 0 aliphatic carbocycles. The van der Waals surface area contributed by atoms with Gasteiger partial charge in [0.2, 0.25) is 0 Å². The van der Waals surface area contributed by atoms with Crippen LogP contribution >= 0.6 is 0 Å². The molecule has 0 aromatic heterocycles. The molecule has 0 rings (SSSR count). The summed E-state index contributed by atoms with van der Waals surface area (Å²) in [6, 6.07) is 0. The lowest BCUT2D eigenvalue weighted by Gasteiger charge is -2.02. The molecular formula is C8H15NO4. The summed E-state index contributed by atoms with van der Waals surface area (Å²) in [7, 11) is 0. The Kier molecular flexibility index (Phi) is 8.23. The Bertz CT molecular complexity index is 149. The van der Waals surface area contributed by atoms with Crippen LogP contribution in [0.1, 0.15) is 19.3 Å². The SMILES string of the molecule is NCCC(=O)OCCCCOC=O. The van der Waals surface area contributed by atoms with Gasteiger partial charge in [-0.3, -0.25) is 9.59 Å². The van der Waals surface area contributed by atoms with E-state index in [1.807, 2.05) is 0 Å². The first kappa shape index (κ1) is 11.9. The average Bonchev–Trinajstić information content (AvgIpc) is 2.11. The third-order valence-electron chi connectivity index (χ3n) is 1.34. The number of hydrogen-bond donors (Lipinski definition) is 1. The molecule has 0 aromatic rings. The molecule has 0 fully saturated rings. The Hall–Kier alpha value is -1.10. The number of ether oxygens (including phenoxy) is 2. The van der Waals surface area contributed by atoms with Crippen LogP contribution < -0.4 is 5.73 Å². The zero-order valence-electron chi connectivity index (χ0n) is 7.53. The predicted octanol–water partition coefficient (Wildman–Crippen LogP) is -0.168. The van der Waals surface area contributed by atoms with Crippen LogP contribution in [0.15, 0.2) is 0 Å². The average molecular weight is 189 g/mol. The summed E-state index contributed by atoms with van der Waals surface area (Å²) in [5.41, 5.74) is 5.14. The fourth-order valence-corrected chi connectivity index (χ4v) is 0.712. The van der Waals surface area contributed by atoms with Gasteiger partial charge < -0.3 is 15.2 Å².